The molecule has 0 saturated heterocycles. The molecule has 0 amide bonds. The topological polar surface area (TPSA) is 83.5 Å². The Labute approximate surface area is 64.2 Å². The summed E-state index contributed by atoms with van der Waals surface area (Å²) in [5, 5.41) is 9.01. The molecule has 0 aliphatic heterocycles. The van der Waals surface area contributed by atoms with Gasteiger partial charge in [0.2, 0.25) is 5.30 Å². The van der Waals surface area contributed by atoms with Gasteiger partial charge in [0.15, 0.2) is 0 Å². The number of aromatic hydroxyl groups is 1. The standard InChI is InChI=1S/C6H6NO3P/c7-5-3-4(8)1-2-6(5)11(9)10/h1-3H,(H3-,7,8,9,10)/p+1. The van der Waals surface area contributed by atoms with Crippen LogP contribution in [0.25, 0.3) is 0 Å². The average molecular weight is 172 g/mol. The van der Waals surface area contributed by atoms with Gasteiger partial charge in [-0.25, -0.2) is 0 Å². The molecule has 0 heterocycles. The summed E-state index contributed by atoms with van der Waals surface area (Å²) in [4.78, 5) is 8.64. The van der Waals surface area contributed by atoms with Gasteiger partial charge in [-0.3, -0.25) is 0 Å². The monoisotopic (exact) mass is 172 g/mol. The van der Waals surface area contributed by atoms with Crippen LogP contribution in [-0.2, 0) is 4.57 Å². The van der Waals surface area contributed by atoms with E-state index in [1.165, 1.54) is 18.2 Å². The third-order valence-corrected chi connectivity index (χ3v) is 2.04. The van der Waals surface area contributed by atoms with Crippen LogP contribution in [0.3, 0.4) is 0 Å². The number of rotatable bonds is 1. The summed E-state index contributed by atoms with van der Waals surface area (Å²) in [6.07, 6.45) is 0. The highest BCUT2D eigenvalue weighted by Gasteiger charge is 2.19. The molecule has 0 aromatic heterocycles. The third kappa shape index (κ3) is 1.67. The molecule has 5 heteroatoms. The van der Waals surface area contributed by atoms with Crippen LogP contribution in [0.1, 0.15) is 0 Å². The SMILES string of the molecule is Nc1cc(O)ccc1[P+](=O)O. The second-order valence-electron chi connectivity index (χ2n) is 2.02. The maximum absolute atomic E-state index is 10.5. The molecule has 0 bridgehead atoms. The Balaban J connectivity index is 3.20. The van der Waals surface area contributed by atoms with E-state index in [9.17, 15) is 4.57 Å². The zero-order chi connectivity index (χ0) is 8.43. The van der Waals surface area contributed by atoms with Gasteiger partial charge in [0.05, 0.1) is 5.69 Å². The first-order valence-electron chi connectivity index (χ1n) is 2.86. The maximum Gasteiger partial charge on any atom is 0.548 e. The highest BCUT2D eigenvalue weighted by atomic mass is 31.1. The fourth-order valence-electron chi connectivity index (χ4n) is 0.716. The molecule has 0 aliphatic carbocycles. The van der Waals surface area contributed by atoms with Crippen LogP contribution < -0.4 is 11.0 Å². The lowest BCUT2D eigenvalue weighted by Gasteiger charge is -1.92. The molecule has 1 aromatic carbocycles. The normalized spacial score (nSPS) is 11.2. The van der Waals surface area contributed by atoms with E-state index in [-0.39, 0.29) is 16.7 Å². The van der Waals surface area contributed by atoms with Gasteiger partial charge >= 0.3 is 8.03 Å². The van der Waals surface area contributed by atoms with Crippen molar-refractivity contribution in [1.29, 1.82) is 0 Å². The van der Waals surface area contributed by atoms with Gasteiger partial charge in [-0.2, -0.15) is 4.89 Å². The number of hydrogen-bond acceptors (Lipinski definition) is 3. The van der Waals surface area contributed by atoms with Crippen LogP contribution >= 0.6 is 8.03 Å². The first-order valence-corrected chi connectivity index (χ1v) is 4.07. The van der Waals surface area contributed by atoms with Crippen molar-refractivity contribution < 1.29 is 14.6 Å². The van der Waals surface area contributed by atoms with Crippen molar-refractivity contribution in [3.8, 4) is 5.75 Å². The molecule has 0 spiro atoms. The molecule has 0 fully saturated rings. The minimum atomic E-state index is -2.41. The van der Waals surface area contributed by atoms with Gasteiger partial charge in [-0.15, -0.1) is 0 Å². The van der Waals surface area contributed by atoms with Crippen molar-refractivity contribution in [3.05, 3.63) is 18.2 Å². The minimum Gasteiger partial charge on any atom is -0.508 e. The number of nitrogens with two attached hydrogens (primary N) is 1. The number of benzene rings is 1. The first kappa shape index (κ1) is 7.98. The second kappa shape index (κ2) is 2.86. The van der Waals surface area contributed by atoms with E-state index in [1.807, 2.05) is 0 Å². The lowest BCUT2D eigenvalue weighted by molar-refractivity contribution is 0.476. The predicted molar refractivity (Wildman–Crippen MR) is 42.0 cm³/mol. The summed E-state index contributed by atoms with van der Waals surface area (Å²) in [6.45, 7) is 0. The van der Waals surface area contributed by atoms with Crippen LogP contribution in [0.2, 0.25) is 0 Å². The van der Waals surface area contributed by atoms with Gasteiger partial charge in [0.25, 0.3) is 0 Å². The molecule has 1 atom stereocenters. The van der Waals surface area contributed by atoms with Gasteiger partial charge in [-0.1, -0.05) is 0 Å². The van der Waals surface area contributed by atoms with E-state index in [0.29, 0.717) is 0 Å². The zero-order valence-electron chi connectivity index (χ0n) is 5.56. The van der Waals surface area contributed by atoms with Crippen molar-refractivity contribution in [1.82, 2.24) is 0 Å². The highest BCUT2D eigenvalue weighted by molar-refractivity contribution is 7.47. The van der Waals surface area contributed by atoms with Crippen molar-refractivity contribution in [2.45, 2.75) is 0 Å². The number of nitrogen functional groups attached to an aromatic ring is 1. The number of anilines is 1. The Hall–Kier alpha value is -1.12. The van der Waals surface area contributed by atoms with Gasteiger partial charge in [0.1, 0.15) is 5.75 Å². The lowest BCUT2D eigenvalue weighted by Crippen LogP contribution is -2.03. The van der Waals surface area contributed by atoms with Crippen molar-refractivity contribution >= 4 is 19.0 Å². The summed E-state index contributed by atoms with van der Waals surface area (Å²) in [6, 6.07) is 3.87. The Morgan fingerprint density at radius 1 is 1.45 bits per heavy atom. The van der Waals surface area contributed by atoms with E-state index in [1.54, 1.807) is 0 Å². The molecule has 0 aliphatic rings. The molecule has 1 unspecified atom stereocenters. The molecule has 1 rings (SSSR count). The Morgan fingerprint density at radius 2 is 2.09 bits per heavy atom. The van der Waals surface area contributed by atoms with E-state index in [4.69, 9.17) is 15.7 Å². The minimum absolute atomic E-state index is 0.0110. The molecule has 4 N–H and O–H groups in total. The fraction of sp³-hybridized carbons (Fsp3) is 0. The summed E-state index contributed by atoms with van der Waals surface area (Å²) in [7, 11) is -2.41. The van der Waals surface area contributed by atoms with Crippen molar-refractivity contribution in [2.75, 3.05) is 5.73 Å². The van der Waals surface area contributed by atoms with E-state index < -0.39 is 8.03 Å². The number of phenolic OH excluding ortho intramolecular Hbond substituents is 1. The average Bonchev–Trinajstić information content (AvgIpc) is 1.85. The molecule has 0 saturated carbocycles. The van der Waals surface area contributed by atoms with Crippen LogP contribution in [0.4, 0.5) is 5.69 Å². The first-order chi connectivity index (χ1) is 5.11. The van der Waals surface area contributed by atoms with E-state index in [0.717, 1.165) is 0 Å². The van der Waals surface area contributed by atoms with Crippen LogP contribution in [0.15, 0.2) is 18.2 Å². The Kier molecular flexibility index (Phi) is 2.08. The Bertz CT molecular complexity index is 300. The summed E-state index contributed by atoms with van der Waals surface area (Å²) < 4.78 is 10.5. The number of hydrogen-bond donors (Lipinski definition) is 3. The Morgan fingerprint density at radius 3 is 2.55 bits per heavy atom. The number of phenols is 1. The van der Waals surface area contributed by atoms with E-state index in [2.05, 4.69) is 0 Å². The molecule has 11 heavy (non-hydrogen) atoms. The highest BCUT2D eigenvalue weighted by Crippen LogP contribution is 2.20. The largest absolute Gasteiger partial charge is 0.548 e. The lowest BCUT2D eigenvalue weighted by atomic mass is 10.3. The van der Waals surface area contributed by atoms with Crippen LogP contribution in [-0.4, -0.2) is 10.00 Å². The summed E-state index contributed by atoms with van der Waals surface area (Å²) >= 11 is 0. The molecular formula is C6H7NO3P+. The van der Waals surface area contributed by atoms with Crippen LogP contribution in [0.5, 0.6) is 5.75 Å². The van der Waals surface area contributed by atoms with Crippen LogP contribution in [0, 0.1) is 0 Å². The molecule has 4 nitrogen and oxygen atoms in total. The van der Waals surface area contributed by atoms with Crippen molar-refractivity contribution in [2.24, 2.45) is 0 Å². The quantitative estimate of drug-likeness (QED) is 0.421. The summed E-state index contributed by atoms with van der Waals surface area (Å²) in [5.41, 5.74) is 5.45. The zero-order valence-corrected chi connectivity index (χ0v) is 6.45. The summed E-state index contributed by atoms with van der Waals surface area (Å²) in [5.74, 6) is -0.0110. The molecule has 1 aromatic rings. The fourth-order valence-corrected chi connectivity index (χ4v) is 1.20. The molecule has 0 radical (unpaired) electrons. The predicted octanol–water partition coefficient (Wildman–Crippen LogP) is 0.334. The molecule has 58 valence electrons. The maximum atomic E-state index is 10.5. The van der Waals surface area contributed by atoms with Gasteiger partial charge < -0.3 is 10.8 Å². The third-order valence-electron chi connectivity index (χ3n) is 1.22. The van der Waals surface area contributed by atoms with Crippen molar-refractivity contribution in [3.63, 3.8) is 0 Å². The second-order valence-corrected chi connectivity index (χ2v) is 3.04. The smallest absolute Gasteiger partial charge is 0.508 e. The van der Waals surface area contributed by atoms with Gasteiger partial charge in [-0.05, 0) is 10.6 Å². The van der Waals surface area contributed by atoms with E-state index >= 15 is 0 Å². The van der Waals surface area contributed by atoms with Gasteiger partial charge in [0, 0.05) is 12.1 Å². The molecular weight excluding hydrogens is 165 g/mol.